The average molecular weight is 340 g/mol. The molecule has 2 heteroatoms. The number of allylic oxidation sites excluding steroid dienone is 1. The minimum absolute atomic E-state index is 0.00325. The molecule has 0 amide bonds. The van der Waals surface area contributed by atoms with Gasteiger partial charge < -0.3 is 4.74 Å². The van der Waals surface area contributed by atoms with Gasteiger partial charge in [0.15, 0.2) is 5.78 Å². The van der Waals surface area contributed by atoms with Crippen LogP contribution in [-0.2, 0) is 0 Å². The molecule has 0 radical (unpaired) electrons. The van der Waals surface area contributed by atoms with Gasteiger partial charge in [-0.2, -0.15) is 0 Å². The first kappa shape index (κ1) is 16.3. The van der Waals surface area contributed by atoms with Gasteiger partial charge in [-0.25, -0.2) is 0 Å². The minimum atomic E-state index is -0.230. The predicted molar refractivity (Wildman–Crippen MR) is 105 cm³/mol. The Labute approximate surface area is 153 Å². The van der Waals surface area contributed by atoms with Gasteiger partial charge >= 0.3 is 0 Å². The second-order valence-corrected chi connectivity index (χ2v) is 6.49. The van der Waals surface area contributed by atoms with E-state index in [0.29, 0.717) is 0 Å². The van der Waals surface area contributed by atoms with Crippen LogP contribution in [0.5, 0.6) is 5.75 Å². The van der Waals surface area contributed by atoms with Crippen LogP contribution in [0.1, 0.15) is 38.9 Å². The summed E-state index contributed by atoms with van der Waals surface area (Å²) in [5.74, 6) is 0.749. The van der Waals surface area contributed by atoms with E-state index in [-0.39, 0.29) is 17.6 Å². The molecule has 1 aliphatic carbocycles. The maximum atomic E-state index is 13.4. The van der Waals surface area contributed by atoms with E-state index < -0.39 is 0 Å². The highest BCUT2D eigenvalue weighted by molar-refractivity contribution is 6.03. The molecule has 2 atom stereocenters. The lowest BCUT2D eigenvalue weighted by atomic mass is 9.72. The monoisotopic (exact) mass is 340 g/mol. The fourth-order valence-corrected chi connectivity index (χ4v) is 3.67. The molecule has 0 saturated carbocycles. The first-order chi connectivity index (χ1) is 12.8. The summed E-state index contributed by atoms with van der Waals surface area (Å²) in [5, 5.41) is 0. The van der Waals surface area contributed by atoms with Gasteiger partial charge in [0.2, 0.25) is 0 Å². The highest BCUT2D eigenvalue weighted by Gasteiger charge is 2.33. The van der Waals surface area contributed by atoms with Gasteiger partial charge in [-0.05, 0) is 28.8 Å². The van der Waals surface area contributed by atoms with Crippen molar-refractivity contribution in [2.24, 2.45) is 0 Å². The SMILES string of the molecule is COc1ccc(C2C=Cc3ccccc3C2C(=O)c2ccccc2)cc1. The molecule has 0 N–H and O–H groups in total. The number of rotatable bonds is 4. The Hall–Kier alpha value is -3.13. The smallest absolute Gasteiger partial charge is 0.171 e. The number of carbonyl (C=O) groups is 1. The number of carbonyl (C=O) groups excluding carboxylic acids is 1. The number of hydrogen-bond acceptors (Lipinski definition) is 2. The van der Waals surface area contributed by atoms with E-state index in [1.54, 1.807) is 7.11 Å². The molecule has 128 valence electrons. The van der Waals surface area contributed by atoms with Crippen LogP contribution < -0.4 is 4.74 Å². The molecule has 0 aliphatic heterocycles. The van der Waals surface area contributed by atoms with Crippen LogP contribution >= 0.6 is 0 Å². The molecule has 0 saturated heterocycles. The van der Waals surface area contributed by atoms with Crippen LogP contribution in [0, 0.1) is 0 Å². The maximum Gasteiger partial charge on any atom is 0.171 e. The van der Waals surface area contributed by atoms with Gasteiger partial charge in [-0.1, -0.05) is 78.9 Å². The number of benzene rings is 3. The maximum absolute atomic E-state index is 13.4. The van der Waals surface area contributed by atoms with Gasteiger partial charge in [-0.15, -0.1) is 0 Å². The summed E-state index contributed by atoms with van der Waals surface area (Å²) in [7, 11) is 1.66. The molecule has 0 spiro atoms. The molecule has 2 nitrogen and oxygen atoms in total. The molecular formula is C24H20O2. The molecule has 0 heterocycles. The Morgan fingerprint density at radius 1 is 0.846 bits per heavy atom. The number of Topliss-reactive ketones (excluding diaryl/α,β-unsaturated/α-hetero) is 1. The summed E-state index contributed by atoms with van der Waals surface area (Å²) >= 11 is 0. The van der Waals surface area contributed by atoms with Crippen LogP contribution in [-0.4, -0.2) is 12.9 Å². The summed E-state index contributed by atoms with van der Waals surface area (Å²) in [5.41, 5.74) is 4.07. The molecule has 4 rings (SSSR count). The molecular weight excluding hydrogens is 320 g/mol. The predicted octanol–water partition coefficient (Wildman–Crippen LogP) is 5.47. The van der Waals surface area contributed by atoms with Gasteiger partial charge in [-0.3, -0.25) is 4.79 Å². The third kappa shape index (κ3) is 2.95. The van der Waals surface area contributed by atoms with Crippen molar-refractivity contribution >= 4 is 11.9 Å². The first-order valence-electron chi connectivity index (χ1n) is 8.78. The second-order valence-electron chi connectivity index (χ2n) is 6.49. The second kappa shape index (κ2) is 7.01. The Kier molecular flexibility index (Phi) is 4.40. The summed E-state index contributed by atoms with van der Waals surface area (Å²) in [6.45, 7) is 0. The summed E-state index contributed by atoms with van der Waals surface area (Å²) in [6, 6.07) is 25.7. The van der Waals surface area contributed by atoms with Gasteiger partial charge in [0.1, 0.15) is 5.75 Å². The number of fused-ring (bicyclic) bond motifs is 1. The van der Waals surface area contributed by atoms with Crippen molar-refractivity contribution in [1.82, 2.24) is 0 Å². The molecule has 1 aliphatic rings. The van der Waals surface area contributed by atoms with E-state index in [4.69, 9.17) is 4.74 Å². The normalized spacial score (nSPS) is 18.2. The third-order valence-electron chi connectivity index (χ3n) is 5.01. The van der Waals surface area contributed by atoms with Crippen LogP contribution in [0.25, 0.3) is 6.08 Å². The average Bonchev–Trinajstić information content (AvgIpc) is 2.73. The van der Waals surface area contributed by atoms with Crippen LogP contribution in [0.15, 0.2) is 84.9 Å². The van der Waals surface area contributed by atoms with Crippen LogP contribution in [0.3, 0.4) is 0 Å². The first-order valence-corrected chi connectivity index (χ1v) is 8.78. The highest BCUT2D eigenvalue weighted by Crippen LogP contribution is 2.42. The van der Waals surface area contributed by atoms with Crippen LogP contribution in [0.2, 0.25) is 0 Å². The molecule has 3 aromatic carbocycles. The summed E-state index contributed by atoms with van der Waals surface area (Å²) in [4.78, 5) is 13.4. The molecule has 0 aromatic heterocycles. The van der Waals surface area contributed by atoms with E-state index >= 15 is 0 Å². The summed E-state index contributed by atoms with van der Waals surface area (Å²) in [6.07, 6.45) is 4.27. The van der Waals surface area contributed by atoms with Crippen molar-refractivity contribution in [2.75, 3.05) is 7.11 Å². The minimum Gasteiger partial charge on any atom is -0.497 e. The zero-order valence-electron chi connectivity index (χ0n) is 14.6. The molecule has 3 aromatic rings. The molecule has 0 bridgehead atoms. The van der Waals surface area contributed by atoms with Crippen molar-refractivity contribution in [1.29, 1.82) is 0 Å². The highest BCUT2D eigenvalue weighted by atomic mass is 16.5. The molecule has 0 fully saturated rings. The standard InChI is InChI=1S/C24H20O2/c1-26-20-14-11-18(12-15-20)22-16-13-17-7-5-6-10-21(17)23(22)24(25)19-8-3-2-4-9-19/h2-16,22-23H,1H3. The van der Waals surface area contributed by atoms with Crippen molar-refractivity contribution in [3.8, 4) is 5.75 Å². The number of hydrogen-bond donors (Lipinski definition) is 0. The Morgan fingerprint density at radius 2 is 1.54 bits per heavy atom. The van der Waals surface area contributed by atoms with E-state index in [9.17, 15) is 4.79 Å². The van der Waals surface area contributed by atoms with Gasteiger partial charge in [0.25, 0.3) is 0 Å². The van der Waals surface area contributed by atoms with E-state index in [1.807, 2.05) is 66.7 Å². The van der Waals surface area contributed by atoms with Crippen molar-refractivity contribution in [2.45, 2.75) is 11.8 Å². The largest absolute Gasteiger partial charge is 0.497 e. The number of methoxy groups -OCH3 is 1. The molecule has 2 unspecified atom stereocenters. The van der Waals surface area contributed by atoms with E-state index in [0.717, 1.165) is 28.0 Å². The quantitative estimate of drug-likeness (QED) is 0.589. The van der Waals surface area contributed by atoms with E-state index in [2.05, 4.69) is 24.3 Å². The summed E-state index contributed by atoms with van der Waals surface area (Å²) < 4.78 is 5.27. The van der Waals surface area contributed by atoms with Gasteiger partial charge in [0.05, 0.1) is 13.0 Å². The number of ether oxygens (including phenoxy) is 1. The lowest BCUT2D eigenvalue weighted by molar-refractivity contribution is 0.0952. The third-order valence-corrected chi connectivity index (χ3v) is 5.01. The van der Waals surface area contributed by atoms with Gasteiger partial charge in [0, 0.05) is 11.5 Å². The fourth-order valence-electron chi connectivity index (χ4n) is 3.67. The van der Waals surface area contributed by atoms with Crippen molar-refractivity contribution < 1.29 is 9.53 Å². The van der Waals surface area contributed by atoms with Crippen molar-refractivity contribution in [3.63, 3.8) is 0 Å². The lowest BCUT2D eigenvalue weighted by Crippen LogP contribution is -2.22. The Morgan fingerprint density at radius 3 is 2.27 bits per heavy atom. The zero-order valence-corrected chi connectivity index (χ0v) is 14.6. The van der Waals surface area contributed by atoms with Crippen LogP contribution in [0.4, 0.5) is 0 Å². The topological polar surface area (TPSA) is 26.3 Å². The van der Waals surface area contributed by atoms with E-state index in [1.165, 1.54) is 0 Å². The van der Waals surface area contributed by atoms with Crippen molar-refractivity contribution in [3.05, 3.63) is 107 Å². The Balaban J connectivity index is 1.80. The fraction of sp³-hybridized carbons (Fsp3) is 0.125. The molecule has 26 heavy (non-hydrogen) atoms. The number of ketones is 1. The lowest BCUT2D eigenvalue weighted by Gasteiger charge is -2.29. The zero-order chi connectivity index (χ0) is 17.9. The Bertz CT molecular complexity index is 939.